The first-order valence-corrected chi connectivity index (χ1v) is 5.96. The minimum Gasteiger partial charge on any atom is -0.380 e. The summed E-state index contributed by atoms with van der Waals surface area (Å²) in [6, 6.07) is 22.1. The molecule has 1 nitrogen and oxygen atoms in total. The average molecular weight is 230 g/mol. The molecule has 0 saturated heterocycles. The number of methoxy groups -OCH3 is 1. The zero-order valence-corrected chi connectivity index (χ0v) is 11.0. The molecule has 2 rings (SSSR count). The monoisotopic (exact) mass is 230 g/mol. The molecule has 0 aliphatic rings. The van der Waals surface area contributed by atoms with E-state index in [1.807, 2.05) is 80.6 Å². The SMILES string of the molecule is CC.COCc1ccccc1.c1ccccc1. The Morgan fingerprint density at radius 1 is 0.706 bits per heavy atom. The van der Waals surface area contributed by atoms with E-state index in [-0.39, 0.29) is 0 Å². The van der Waals surface area contributed by atoms with Crippen molar-refractivity contribution in [3.8, 4) is 0 Å². The van der Waals surface area contributed by atoms with Crippen molar-refractivity contribution >= 4 is 0 Å². The molecule has 0 atom stereocenters. The first-order valence-electron chi connectivity index (χ1n) is 5.96. The average Bonchev–Trinajstić information content (AvgIpc) is 2.45. The zero-order valence-electron chi connectivity index (χ0n) is 11.0. The number of hydrogen-bond acceptors (Lipinski definition) is 1. The highest BCUT2D eigenvalue weighted by atomic mass is 16.5. The largest absolute Gasteiger partial charge is 0.380 e. The molecule has 0 amide bonds. The van der Waals surface area contributed by atoms with Gasteiger partial charge in [-0.3, -0.25) is 0 Å². The van der Waals surface area contributed by atoms with Crippen LogP contribution in [0.3, 0.4) is 0 Å². The van der Waals surface area contributed by atoms with Gasteiger partial charge in [0, 0.05) is 7.11 Å². The molecule has 2 aromatic carbocycles. The van der Waals surface area contributed by atoms with E-state index < -0.39 is 0 Å². The Kier molecular flexibility index (Phi) is 11.3. The van der Waals surface area contributed by atoms with Crippen LogP contribution in [-0.4, -0.2) is 7.11 Å². The Bertz CT molecular complexity index is 302. The highest BCUT2D eigenvalue weighted by Gasteiger charge is 1.84. The summed E-state index contributed by atoms with van der Waals surface area (Å²) in [7, 11) is 1.70. The van der Waals surface area contributed by atoms with E-state index in [0.717, 1.165) is 0 Å². The van der Waals surface area contributed by atoms with Crippen LogP contribution in [0.1, 0.15) is 19.4 Å². The van der Waals surface area contributed by atoms with E-state index in [1.165, 1.54) is 5.56 Å². The third-order valence-electron chi connectivity index (χ3n) is 1.82. The topological polar surface area (TPSA) is 9.23 Å². The highest BCUT2D eigenvalue weighted by molar-refractivity contribution is 5.13. The summed E-state index contributed by atoms with van der Waals surface area (Å²) in [4.78, 5) is 0. The van der Waals surface area contributed by atoms with Gasteiger partial charge in [0.25, 0.3) is 0 Å². The van der Waals surface area contributed by atoms with Crippen LogP contribution in [0.2, 0.25) is 0 Å². The fourth-order valence-electron chi connectivity index (χ4n) is 1.13. The molecule has 0 saturated carbocycles. The first kappa shape index (κ1) is 15.4. The molecule has 0 aliphatic carbocycles. The molecule has 0 radical (unpaired) electrons. The fourth-order valence-corrected chi connectivity index (χ4v) is 1.13. The summed E-state index contributed by atoms with van der Waals surface area (Å²) in [5.74, 6) is 0. The second-order valence-corrected chi connectivity index (χ2v) is 3.07. The summed E-state index contributed by atoms with van der Waals surface area (Å²) < 4.78 is 4.93. The minimum atomic E-state index is 0.709. The normalized spacial score (nSPS) is 8.18. The van der Waals surface area contributed by atoms with Crippen LogP contribution in [0.25, 0.3) is 0 Å². The summed E-state index contributed by atoms with van der Waals surface area (Å²) >= 11 is 0. The van der Waals surface area contributed by atoms with Gasteiger partial charge in [-0.25, -0.2) is 0 Å². The lowest BCUT2D eigenvalue weighted by molar-refractivity contribution is 0.185. The first-order chi connectivity index (χ1) is 8.43. The van der Waals surface area contributed by atoms with Gasteiger partial charge in [-0.2, -0.15) is 0 Å². The molecule has 17 heavy (non-hydrogen) atoms. The molecule has 0 aliphatic heterocycles. The van der Waals surface area contributed by atoms with E-state index in [0.29, 0.717) is 6.61 Å². The number of rotatable bonds is 2. The third-order valence-corrected chi connectivity index (χ3v) is 1.82. The van der Waals surface area contributed by atoms with Gasteiger partial charge < -0.3 is 4.74 Å². The van der Waals surface area contributed by atoms with Crippen LogP contribution in [0.5, 0.6) is 0 Å². The van der Waals surface area contributed by atoms with E-state index in [4.69, 9.17) is 4.74 Å². The van der Waals surface area contributed by atoms with Crippen molar-refractivity contribution in [2.24, 2.45) is 0 Å². The van der Waals surface area contributed by atoms with Gasteiger partial charge in [0.15, 0.2) is 0 Å². The van der Waals surface area contributed by atoms with Crippen molar-refractivity contribution in [1.82, 2.24) is 0 Å². The Hall–Kier alpha value is -1.60. The van der Waals surface area contributed by atoms with Crippen LogP contribution < -0.4 is 0 Å². The Balaban J connectivity index is 0.000000278. The predicted octanol–water partition coefficient (Wildman–Crippen LogP) is 4.55. The van der Waals surface area contributed by atoms with Crippen molar-refractivity contribution in [3.63, 3.8) is 0 Å². The molecule has 0 aromatic heterocycles. The van der Waals surface area contributed by atoms with Gasteiger partial charge in [0.2, 0.25) is 0 Å². The van der Waals surface area contributed by atoms with Crippen LogP contribution >= 0.6 is 0 Å². The number of hydrogen-bond donors (Lipinski definition) is 0. The number of benzene rings is 2. The molecule has 0 unspecified atom stereocenters. The van der Waals surface area contributed by atoms with Crippen molar-refractivity contribution in [2.75, 3.05) is 7.11 Å². The van der Waals surface area contributed by atoms with Gasteiger partial charge in [-0.15, -0.1) is 0 Å². The third kappa shape index (κ3) is 9.34. The smallest absolute Gasteiger partial charge is 0.0713 e. The molecule has 0 N–H and O–H groups in total. The Morgan fingerprint density at radius 3 is 1.41 bits per heavy atom. The maximum atomic E-state index is 4.93. The molecular weight excluding hydrogens is 208 g/mol. The standard InChI is InChI=1S/C8H10O.C6H6.C2H6/c1-9-7-8-5-3-2-4-6-8;1-2-4-6-5-3-1;1-2/h2-6H,7H2,1H3;1-6H;1-2H3. The Labute approximate surface area is 105 Å². The number of ether oxygens (including phenoxy) is 1. The van der Waals surface area contributed by atoms with E-state index in [2.05, 4.69) is 0 Å². The summed E-state index contributed by atoms with van der Waals surface area (Å²) in [6.07, 6.45) is 0. The maximum absolute atomic E-state index is 4.93. The van der Waals surface area contributed by atoms with Gasteiger partial charge in [0.1, 0.15) is 0 Å². The maximum Gasteiger partial charge on any atom is 0.0713 e. The minimum absolute atomic E-state index is 0.709. The molecular formula is C16H22O. The van der Waals surface area contributed by atoms with Gasteiger partial charge in [-0.1, -0.05) is 80.6 Å². The lowest BCUT2D eigenvalue weighted by atomic mass is 10.2. The zero-order chi connectivity index (χ0) is 12.8. The molecule has 92 valence electrons. The van der Waals surface area contributed by atoms with Crippen molar-refractivity contribution < 1.29 is 4.74 Å². The molecule has 0 heterocycles. The Morgan fingerprint density at radius 2 is 1.06 bits per heavy atom. The predicted molar refractivity (Wildman–Crippen MR) is 74.9 cm³/mol. The van der Waals surface area contributed by atoms with Crippen molar-refractivity contribution in [3.05, 3.63) is 72.3 Å². The molecule has 1 heteroatoms. The van der Waals surface area contributed by atoms with E-state index >= 15 is 0 Å². The molecule has 0 fully saturated rings. The van der Waals surface area contributed by atoms with Crippen LogP contribution in [0.15, 0.2) is 66.7 Å². The summed E-state index contributed by atoms with van der Waals surface area (Å²) in [6.45, 7) is 4.71. The van der Waals surface area contributed by atoms with Gasteiger partial charge in [0.05, 0.1) is 6.61 Å². The van der Waals surface area contributed by atoms with Crippen LogP contribution in [-0.2, 0) is 11.3 Å². The summed E-state index contributed by atoms with van der Waals surface area (Å²) in [5, 5.41) is 0. The van der Waals surface area contributed by atoms with Gasteiger partial charge in [-0.05, 0) is 5.56 Å². The molecule has 0 spiro atoms. The second kappa shape index (κ2) is 12.5. The van der Waals surface area contributed by atoms with Crippen LogP contribution in [0, 0.1) is 0 Å². The molecule has 0 bridgehead atoms. The quantitative estimate of drug-likeness (QED) is 0.735. The summed E-state index contributed by atoms with van der Waals surface area (Å²) in [5.41, 5.74) is 1.22. The van der Waals surface area contributed by atoms with Crippen LogP contribution in [0.4, 0.5) is 0 Å². The van der Waals surface area contributed by atoms with Crippen molar-refractivity contribution in [1.29, 1.82) is 0 Å². The van der Waals surface area contributed by atoms with E-state index in [9.17, 15) is 0 Å². The highest BCUT2D eigenvalue weighted by Crippen LogP contribution is 1.98. The molecule has 2 aromatic rings. The van der Waals surface area contributed by atoms with Gasteiger partial charge >= 0.3 is 0 Å². The lowest BCUT2D eigenvalue weighted by Crippen LogP contribution is -1.84. The van der Waals surface area contributed by atoms with Crippen molar-refractivity contribution in [2.45, 2.75) is 20.5 Å². The second-order valence-electron chi connectivity index (χ2n) is 3.07. The van der Waals surface area contributed by atoms with E-state index in [1.54, 1.807) is 7.11 Å². The lowest BCUT2D eigenvalue weighted by Gasteiger charge is -1.95. The fraction of sp³-hybridized carbons (Fsp3) is 0.250.